The summed E-state index contributed by atoms with van der Waals surface area (Å²) in [6.45, 7) is 0.262. The number of rotatable bonds is 8. The maximum atomic E-state index is 12.0. The average molecular weight is 380 g/mol. The third-order valence-corrected chi connectivity index (χ3v) is 3.60. The molecule has 0 aliphatic carbocycles. The molecule has 0 saturated heterocycles. The summed E-state index contributed by atoms with van der Waals surface area (Å²) < 4.78 is 10.5. The molecule has 28 heavy (non-hydrogen) atoms. The SMILES string of the molecule is COc1cc(/C=C/C(=O)NCc2ccc(NC(N)=O)cc2)ccc1OCC#N. The van der Waals surface area contributed by atoms with Gasteiger partial charge in [0.15, 0.2) is 18.1 Å². The predicted molar refractivity (Wildman–Crippen MR) is 105 cm³/mol. The molecule has 0 aromatic heterocycles. The second kappa shape index (κ2) is 10.2. The Bertz CT molecular complexity index is 901. The van der Waals surface area contributed by atoms with Crippen LogP contribution in [0.3, 0.4) is 0 Å². The molecule has 0 fully saturated rings. The number of nitrogens with zero attached hydrogens (tertiary/aromatic N) is 1. The van der Waals surface area contributed by atoms with E-state index in [0.717, 1.165) is 11.1 Å². The van der Waals surface area contributed by atoms with Crippen LogP contribution >= 0.6 is 0 Å². The van der Waals surface area contributed by atoms with Crippen LogP contribution in [-0.4, -0.2) is 25.7 Å². The molecule has 0 atom stereocenters. The van der Waals surface area contributed by atoms with Crippen molar-refractivity contribution in [1.82, 2.24) is 5.32 Å². The van der Waals surface area contributed by atoms with E-state index in [1.807, 2.05) is 6.07 Å². The molecule has 0 saturated carbocycles. The van der Waals surface area contributed by atoms with Gasteiger partial charge in [0.05, 0.1) is 7.11 Å². The summed E-state index contributed by atoms with van der Waals surface area (Å²) >= 11 is 0. The van der Waals surface area contributed by atoms with Crippen LogP contribution in [0.15, 0.2) is 48.5 Å². The number of carbonyl (C=O) groups is 2. The minimum Gasteiger partial charge on any atom is -0.493 e. The van der Waals surface area contributed by atoms with Gasteiger partial charge >= 0.3 is 6.03 Å². The summed E-state index contributed by atoms with van der Waals surface area (Å²) in [4.78, 5) is 22.8. The van der Waals surface area contributed by atoms with Crippen molar-refractivity contribution in [3.05, 3.63) is 59.7 Å². The molecule has 144 valence electrons. The van der Waals surface area contributed by atoms with Crippen molar-refractivity contribution in [3.8, 4) is 17.6 Å². The van der Waals surface area contributed by atoms with E-state index in [-0.39, 0.29) is 12.5 Å². The molecule has 0 spiro atoms. The fourth-order valence-corrected chi connectivity index (χ4v) is 2.29. The number of carbonyl (C=O) groups excluding carboxylic acids is 2. The quantitative estimate of drug-likeness (QED) is 0.606. The van der Waals surface area contributed by atoms with Crippen LogP contribution in [-0.2, 0) is 11.3 Å². The fraction of sp³-hybridized carbons (Fsp3) is 0.150. The number of nitrogens with one attached hydrogen (secondary N) is 2. The van der Waals surface area contributed by atoms with Crippen LogP contribution in [0.2, 0.25) is 0 Å². The minimum atomic E-state index is -0.632. The summed E-state index contributed by atoms with van der Waals surface area (Å²) in [5, 5.41) is 13.8. The Balaban J connectivity index is 1.91. The van der Waals surface area contributed by atoms with E-state index in [4.69, 9.17) is 20.5 Å². The van der Waals surface area contributed by atoms with E-state index >= 15 is 0 Å². The summed E-state index contributed by atoms with van der Waals surface area (Å²) in [5.74, 6) is 0.672. The highest BCUT2D eigenvalue weighted by atomic mass is 16.5. The average Bonchev–Trinajstić information content (AvgIpc) is 2.70. The van der Waals surface area contributed by atoms with Crippen LogP contribution in [0.25, 0.3) is 6.08 Å². The van der Waals surface area contributed by atoms with Gasteiger partial charge in [-0.3, -0.25) is 4.79 Å². The van der Waals surface area contributed by atoms with Gasteiger partial charge in [0, 0.05) is 18.3 Å². The molecular weight excluding hydrogens is 360 g/mol. The molecule has 3 amide bonds. The van der Waals surface area contributed by atoms with E-state index in [0.29, 0.717) is 23.7 Å². The second-order valence-electron chi connectivity index (χ2n) is 5.59. The lowest BCUT2D eigenvalue weighted by molar-refractivity contribution is -0.116. The number of urea groups is 1. The normalized spacial score (nSPS) is 10.1. The molecule has 0 aliphatic heterocycles. The number of anilines is 1. The van der Waals surface area contributed by atoms with Gasteiger partial charge < -0.3 is 25.8 Å². The highest BCUT2D eigenvalue weighted by Crippen LogP contribution is 2.28. The Kier molecular flexibility index (Phi) is 7.43. The molecule has 0 unspecified atom stereocenters. The van der Waals surface area contributed by atoms with Gasteiger partial charge in [0.2, 0.25) is 5.91 Å². The fourth-order valence-electron chi connectivity index (χ4n) is 2.29. The zero-order chi connectivity index (χ0) is 20.4. The number of primary amides is 1. The van der Waals surface area contributed by atoms with Gasteiger partial charge in [-0.05, 0) is 41.5 Å². The van der Waals surface area contributed by atoms with Crippen molar-refractivity contribution in [2.75, 3.05) is 19.0 Å². The highest BCUT2D eigenvalue weighted by molar-refractivity contribution is 5.91. The number of hydrogen-bond acceptors (Lipinski definition) is 5. The van der Waals surface area contributed by atoms with Crippen molar-refractivity contribution < 1.29 is 19.1 Å². The first-order chi connectivity index (χ1) is 13.5. The second-order valence-corrected chi connectivity index (χ2v) is 5.59. The predicted octanol–water partition coefficient (Wildman–Crippen LogP) is 2.42. The van der Waals surface area contributed by atoms with Gasteiger partial charge in [0.25, 0.3) is 0 Å². The molecule has 8 heteroatoms. The molecule has 2 aromatic carbocycles. The largest absolute Gasteiger partial charge is 0.493 e. The topological polar surface area (TPSA) is 126 Å². The van der Waals surface area contributed by atoms with Crippen LogP contribution in [0.1, 0.15) is 11.1 Å². The Morgan fingerprint density at radius 3 is 2.57 bits per heavy atom. The summed E-state index contributed by atoms with van der Waals surface area (Å²) in [6, 6.07) is 13.4. The van der Waals surface area contributed by atoms with E-state index in [2.05, 4.69) is 10.6 Å². The van der Waals surface area contributed by atoms with Crippen molar-refractivity contribution in [3.63, 3.8) is 0 Å². The highest BCUT2D eigenvalue weighted by Gasteiger charge is 2.05. The van der Waals surface area contributed by atoms with Crippen LogP contribution in [0, 0.1) is 11.3 Å². The van der Waals surface area contributed by atoms with Crippen molar-refractivity contribution >= 4 is 23.7 Å². The number of benzene rings is 2. The number of nitriles is 1. The third kappa shape index (κ3) is 6.38. The van der Waals surface area contributed by atoms with Gasteiger partial charge in [-0.25, -0.2) is 4.79 Å². The lowest BCUT2D eigenvalue weighted by Gasteiger charge is -2.08. The first kappa shape index (κ1) is 20.3. The number of amides is 3. The monoisotopic (exact) mass is 380 g/mol. The summed E-state index contributed by atoms with van der Waals surface area (Å²) in [5.41, 5.74) is 7.25. The van der Waals surface area contributed by atoms with Gasteiger partial charge in [0.1, 0.15) is 6.07 Å². The van der Waals surface area contributed by atoms with E-state index < -0.39 is 6.03 Å². The summed E-state index contributed by atoms with van der Waals surface area (Å²) in [6.07, 6.45) is 3.05. The maximum absolute atomic E-state index is 12.0. The lowest BCUT2D eigenvalue weighted by atomic mass is 10.2. The van der Waals surface area contributed by atoms with E-state index in [9.17, 15) is 9.59 Å². The third-order valence-electron chi connectivity index (χ3n) is 3.60. The number of hydrogen-bond donors (Lipinski definition) is 3. The van der Waals surface area contributed by atoms with Crippen LogP contribution in [0.5, 0.6) is 11.5 Å². The first-order valence-corrected chi connectivity index (χ1v) is 8.31. The molecule has 0 bridgehead atoms. The molecular formula is C20H20N4O4. The molecule has 8 nitrogen and oxygen atoms in total. The Morgan fingerprint density at radius 1 is 1.18 bits per heavy atom. The van der Waals surface area contributed by atoms with Crippen LogP contribution < -0.4 is 25.8 Å². The van der Waals surface area contributed by atoms with Crippen LogP contribution in [0.4, 0.5) is 10.5 Å². The smallest absolute Gasteiger partial charge is 0.316 e. The van der Waals surface area contributed by atoms with E-state index in [1.54, 1.807) is 48.5 Å². The molecule has 2 aromatic rings. The Morgan fingerprint density at radius 2 is 1.93 bits per heavy atom. The van der Waals surface area contributed by atoms with Gasteiger partial charge in [-0.1, -0.05) is 18.2 Å². The first-order valence-electron chi connectivity index (χ1n) is 8.31. The van der Waals surface area contributed by atoms with Crippen molar-refractivity contribution in [2.24, 2.45) is 5.73 Å². The molecule has 0 heterocycles. The minimum absolute atomic E-state index is 0.0759. The number of nitrogens with two attached hydrogens (primary N) is 1. The standard InChI is InChI=1S/C20H20N4O4/c1-27-18-12-14(4-8-17(18)28-11-10-21)5-9-19(25)23-13-15-2-6-16(7-3-15)24-20(22)26/h2-9,12H,11,13H2,1H3,(H,23,25)(H3,22,24,26)/b9-5+. The molecule has 2 rings (SSSR count). The molecule has 0 aliphatic rings. The Labute approximate surface area is 162 Å². The molecule has 0 radical (unpaired) electrons. The number of ether oxygens (including phenoxy) is 2. The zero-order valence-electron chi connectivity index (χ0n) is 15.3. The van der Waals surface area contributed by atoms with Crippen molar-refractivity contribution in [1.29, 1.82) is 5.26 Å². The lowest BCUT2D eigenvalue weighted by Crippen LogP contribution is -2.20. The van der Waals surface area contributed by atoms with Gasteiger partial charge in [-0.2, -0.15) is 5.26 Å². The Hall–Kier alpha value is -3.99. The summed E-state index contributed by atoms with van der Waals surface area (Å²) in [7, 11) is 1.50. The maximum Gasteiger partial charge on any atom is 0.316 e. The molecule has 4 N–H and O–H groups in total. The zero-order valence-corrected chi connectivity index (χ0v) is 15.3. The van der Waals surface area contributed by atoms with E-state index in [1.165, 1.54) is 13.2 Å². The van der Waals surface area contributed by atoms with Gasteiger partial charge in [-0.15, -0.1) is 0 Å². The van der Waals surface area contributed by atoms with Crippen molar-refractivity contribution in [2.45, 2.75) is 6.54 Å². The number of methoxy groups -OCH3 is 1.